The summed E-state index contributed by atoms with van der Waals surface area (Å²) in [4.78, 5) is 5.33. The molecular weight excluding hydrogens is 796 g/mol. The molecule has 2 heterocycles. The van der Waals surface area contributed by atoms with Crippen molar-refractivity contribution >= 4 is 57.2 Å². The number of hydrogen-bond acceptors (Lipinski definition) is 2. The van der Waals surface area contributed by atoms with Crippen molar-refractivity contribution in [2.75, 3.05) is 9.80 Å². The Morgan fingerprint density at radius 2 is 0.909 bits per heavy atom. The van der Waals surface area contributed by atoms with Gasteiger partial charge in [0.2, 0.25) is 0 Å². The Morgan fingerprint density at radius 3 is 1.55 bits per heavy atom. The molecule has 3 aliphatic rings. The van der Waals surface area contributed by atoms with Crippen LogP contribution in [0, 0.1) is 5.41 Å². The Hall–Kier alpha value is -5.80. The van der Waals surface area contributed by atoms with Crippen LogP contribution in [0.4, 0.5) is 34.1 Å². The fourth-order valence-electron chi connectivity index (χ4n) is 11.0. The van der Waals surface area contributed by atoms with Crippen molar-refractivity contribution in [3.05, 3.63) is 173 Å². The summed E-state index contributed by atoms with van der Waals surface area (Å²) in [5.41, 5.74) is 25.1. The smallest absolute Gasteiger partial charge is 0.252 e. The number of benzene rings is 7. The maximum Gasteiger partial charge on any atom is 0.252 e. The molecule has 7 aromatic rings. The summed E-state index contributed by atoms with van der Waals surface area (Å²) >= 11 is 0. The summed E-state index contributed by atoms with van der Waals surface area (Å²) in [5, 5.41) is 0. The van der Waals surface area contributed by atoms with Crippen molar-refractivity contribution in [3.63, 3.8) is 0 Å². The van der Waals surface area contributed by atoms with Gasteiger partial charge in [0.15, 0.2) is 0 Å². The second-order valence-electron chi connectivity index (χ2n) is 24.7. The molecule has 2 nitrogen and oxygen atoms in total. The van der Waals surface area contributed by atoms with Crippen LogP contribution in [0.25, 0.3) is 22.3 Å². The van der Waals surface area contributed by atoms with Crippen LogP contribution in [0.15, 0.2) is 140 Å². The Kier molecular flexibility index (Phi) is 10.1. The van der Waals surface area contributed by atoms with Gasteiger partial charge in [-0.3, -0.25) is 0 Å². The fourth-order valence-corrected chi connectivity index (χ4v) is 11.0. The van der Waals surface area contributed by atoms with E-state index in [1.54, 1.807) is 0 Å². The molecule has 10 rings (SSSR count). The molecule has 0 saturated heterocycles. The van der Waals surface area contributed by atoms with Gasteiger partial charge >= 0.3 is 0 Å². The van der Waals surface area contributed by atoms with Gasteiger partial charge in [0, 0.05) is 34.0 Å². The van der Waals surface area contributed by atoms with E-state index in [0.717, 1.165) is 12.8 Å². The predicted octanol–water partition coefficient (Wildman–Crippen LogP) is 15.4. The van der Waals surface area contributed by atoms with Crippen molar-refractivity contribution in [2.24, 2.45) is 5.41 Å². The second kappa shape index (κ2) is 15.1. The molecule has 0 spiro atoms. The molecule has 0 unspecified atom stereocenters. The van der Waals surface area contributed by atoms with Gasteiger partial charge in [-0.1, -0.05) is 188 Å². The maximum absolute atomic E-state index is 2.69. The monoisotopic (exact) mass is 865 g/mol. The standard InChI is InChI=1S/C63H69BN2/c1-59(2,3)45-21-18-22-49(33-45)65-55-35-47(61(7,8)9)27-29-51(55)64-52-31-43-38-63(13,14)39-44(43)32-54(52)66(57-37-48(62(10,11)12)36-56(65)58(57)64)53-30-28-46(60(4,5)6)34-50(53)42-25-23-41(24-26-42)40-19-16-15-17-20-40/h15-37H,38-39H2,1-14H3. The van der Waals surface area contributed by atoms with Crippen molar-refractivity contribution in [3.8, 4) is 22.3 Å². The Bertz CT molecular complexity index is 3030. The maximum atomic E-state index is 2.69. The lowest BCUT2D eigenvalue weighted by molar-refractivity contribution is 0.392. The zero-order valence-electron chi connectivity index (χ0n) is 42.2. The van der Waals surface area contributed by atoms with Gasteiger partial charge in [-0.2, -0.15) is 0 Å². The van der Waals surface area contributed by atoms with E-state index in [9.17, 15) is 0 Å². The topological polar surface area (TPSA) is 6.48 Å². The zero-order valence-corrected chi connectivity index (χ0v) is 42.2. The van der Waals surface area contributed by atoms with Crippen LogP contribution in [-0.2, 0) is 34.5 Å². The lowest BCUT2D eigenvalue weighted by Crippen LogP contribution is -2.61. The Morgan fingerprint density at radius 1 is 0.394 bits per heavy atom. The van der Waals surface area contributed by atoms with E-state index in [1.807, 2.05) is 0 Å². The third-order valence-corrected chi connectivity index (χ3v) is 14.8. The SMILES string of the molecule is CC1(C)Cc2cc3c(cc2C1)N(c1ccc(C(C)(C)C)cc1-c1ccc(-c2ccccc2)cc1)c1cc(C(C)(C)C)cc2c1B3c1ccc(C(C)(C)C)cc1N2c1cccc(C(C)(C)C)c1. The molecular formula is C63H69BN2. The molecule has 0 saturated carbocycles. The van der Waals surface area contributed by atoms with Crippen LogP contribution in [0.2, 0.25) is 0 Å². The molecule has 0 fully saturated rings. The fraction of sp³-hybridized carbons (Fsp3) is 0.333. The van der Waals surface area contributed by atoms with Gasteiger partial charge in [-0.25, -0.2) is 0 Å². The van der Waals surface area contributed by atoms with Crippen molar-refractivity contribution < 1.29 is 0 Å². The lowest BCUT2D eigenvalue weighted by atomic mass is 9.33. The quantitative estimate of drug-likeness (QED) is 0.163. The molecule has 66 heavy (non-hydrogen) atoms. The van der Waals surface area contributed by atoms with Gasteiger partial charge in [0.1, 0.15) is 0 Å². The first kappa shape index (κ1) is 44.1. The van der Waals surface area contributed by atoms with E-state index in [2.05, 4.69) is 246 Å². The van der Waals surface area contributed by atoms with E-state index in [-0.39, 0.29) is 33.8 Å². The Labute approximate surface area is 397 Å². The van der Waals surface area contributed by atoms with Crippen molar-refractivity contribution in [1.29, 1.82) is 0 Å². The summed E-state index contributed by atoms with van der Waals surface area (Å²) in [5.74, 6) is 0. The molecule has 2 aliphatic heterocycles. The largest absolute Gasteiger partial charge is 0.311 e. The van der Waals surface area contributed by atoms with Gasteiger partial charge < -0.3 is 9.80 Å². The van der Waals surface area contributed by atoms with Crippen LogP contribution < -0.4 is 26.2 Å². The van der Waals surface area contributed by atoms with Gasteiger partial charge in [-0.15, -0.1) is 0 Å². The van der Waals surface area contributed by atoms with Gasteiger partial charge in [-0.05, 0) is 155 Å². The van der Waals surface area contributed by atoms with Gasteiger partial charge in [0.05, 0.1) is 5.69 Å². The molecule has 0 bridgehead atoms. The number of nitrogens with zero attached hydrogens (tertiary/aromatic N) is 2. The van der Waals surface area contributed by atoms with Crippen LogP contribution in [0.1, 0.15) is 130 Å². The minimum absolute atomic E-state index is 0.00405. The first-order chi connectivity index (χ1) is 31.0. The van der Waals surface area contributed by atoms with Crippen LogP contribution >= 0.6 is 0 Å². The first-order valence-electron chi connectivity index (χ1n) is 24.5. The van der Waals surface area contributed by atoms with Crippen LogP contribution in [0.5, 0.6) is 0 Å². The minimum Gasteiger partial charge on any atom is -0.311 e. The van der Waals surface area contributed by atoms with E-state index in [1.165, 1.54) is 106 Å². The Balaban J connectivity index is 1.32. The summed E-state index contributed by atoms with van der Waals surface area (Å²) in [6.07, 6.45) is 2.17. The number of anilines is 6. The van der Waals surface area contributed by atoms with E-state index < -0.39 is 0 Å². The van der Waals surface area contributed by atoms with Crippen LogP contribution in [0.3, 0.4) is 0 Å². The minimum atomic E-state index is -0.117. The number of hydrogen-bond donors (Lipinski definition) is 0. The highest BCUT2D eigenvalue weighted by Crippen LogP contribution is 2.51. The van der Waals surface area contributed by atoms with E-state index in [4.69, 9.17) is 0 Å². The van der Waals surface area contributed by atoms with Crippen LogP contribution in [-0.4, -0.2) is 6.71 Å². The average molecular weight is 865 g/mol. The molecule has 0 N–H and O–H groups in total. The van der Waals surface area contributed by atoms with Crippen molar-refractivity contribution in [1.82, 2.24) is 0 Å². The molecule has 7 aromatic carbocycles. The molecule has 3 heteroatoms. The molecule has 0 amide bonds. The van der Waals surface area contributed by atoms with Gasteiger partial charge in [0.25, 0.3) is 6.71 Å². The average Bonchev–Trinajstić information content (AvgIpc) is 3.56. The normalized spacial score (nSPS) is 15.3. The summed E-state index contributed by atoms with van der Waals surface area (Å²) in [6.45, 7) is 33.1. The lowest BCUT2D eigenvalue weighted by Gasteiger charge is -2.46. The molecule has 334 valence electrons. The summed E-state index contributed by atoms with van der Waals surface area (Å²) in [6, 6.07) is 54.5. The van der Waals surface area contributed by atoms with E-state index in [0.29, 0.717) is 0 Å². The summed E-state index contributed by atoms with van der Waals surface area (Å²) in [7, 11) is 0. The highest BCUT2D eigenvalue weighted by atomic mass is 15.2. The predicted molar refractivity (Wildman–Crippen MR) is 287 cm³/mol. The first-order valence-corrected chi connectivity index (χ1v) is 24.5. The third kappa shape index (κ3) is 7.61. The highest BCUT2D eigenvalue weighted by molar-refractivity contribution is 7.00. The van der Waals surface area contributed by atoms with E-state index >= 15 is 0 Å². The molecule has 1 aliphatic carbocycles. The molecule has 0 atom stereocenters. The second-order valence-corrected chi connectivity index (χ2v) is 24.7. The molecule has 0 radical (unpaired) electrons. The number of fused-ring (bicyclic) bond motifs is 5. The highest BCUT2D eigenvalue weighted by Gasteiger charge is 2.46. The third-order valence-electron chi connectivity index (χ3n) is 14.8. The van der Waals surface area contributed by atoms with Crippen molar-refractivity contribution in [2.45, 2.75) is 131 Å². The summed E-state index contributed by atoms with van der Waals surface area (Å²) < 4.78 is 0. The number of rotatable bonds is 4. The zero-order chi connectivity index (χ0) is 46.9. The molecule has 0 aromatic heterocycles.